The molecule has 2 aliphatic heterocycles. The predicted octanol–water partition coefficient (Wildman–Crippen LogP) is 1.66. The molecule has 0 aliphatic carbocycles. The normalized spacial score (nSPS) is 25.5. The number of rotatable bonds is 4. The predicted molar refractivity (Wildman–Crippen MR) is 90.1 cm³/mol. The summed E-state index contributed by atoms with van der Waals surface area (Å²) >= 11 is 0. The molecular weight excluding hydrogens is 302 g/mol. The fourth-order valence-corrected chi connectivity index (χ4v) is 3.45. The Balaban J connectivity index is 0.00000242. The number of carbonyl (C=O) groups is 2. The van der Waals surface area contributed by atoms with Crippen molar-refractivity contribution in [3.8, 4) is 0 Å². The van der Waals surface area contributed by atoms with Crippen LogP contribution in [-0.4, -0.2) is 60.9 Å². The molecule has 5 nitrogen and oxygen atoms in total. The van der Waals surface area contributed by atoms with E-state index in [1.807, 2.05) is 23.8 Å². The maximum Gasteiger partial charge on any atom is 0.227 e. The zero-order chi connectivity index (χ0) is 15.2. The summed E-state index contributed by atoms with van der Waals surface area (Å²) in [6.07, 6.45) is 5.58. The van der Waals surface area contributed by atoms with Crippen LogP contribution >= 0.6 is 12.4 Å². The van der Waals surface area contributed by atoms with Crippen LogP contribution in [0.5, 0.6) is 0 Å². The molecule has 128 valence electrons. The first-order valence-corrected chi connectivity index (χ1v) is 8.39. The van der Waals surface area contributed by atoms with E-state index in [4.69, 9.17) is 0 Å². The Morgan fingerprint density at radius 2 is 1.77 bits per heavy atom. The smallest absolute Gasteiger partial charge is 0.227 e. The molecule has 0 aromatic rings. The largest absolute Gasteiger partial charge is 0.342 e. The van der Waals surface area contributed by atoms with E-state index >= 15 is 0 Å². The lowest BCUT2D eigenvalue weighted by molar-refractivity contribution is -0.141. The van der Waals surface area contributed by atoms with Crippen LogP contribution in [0.4, 0.5) is 0 Å². The molecule has 0 aromatic carbocycles. The average Bonchev–Trinajstić information content (AvgIpc) is 2.54. The molecule has 0 spiro atoms. The molecule has 0 saturated carbocycles. The summed E-state index contributed by atoms with van der Waals surface area (Å²) in [6, 6.07) is 0.420. The van der Waals surface area contributed by atoms with Gasteiger partial charge in [-0.1, -0.05) is 6.92 Å². The number of piperidine rings is 2. The van der Waals surface area contributed by atoms with Crippen molar-refractivity contribution in [3.63, 3.8) is 0 Å². The first-order chi connectivity index (χ1) is 10.2. The van der Waals surface area contributed by atoms with Crippen molar-refractivity contribution in [1.29, 1.82) is 0 Å². The molecule has 0 bridgehead atoms. The molecule has 6 heteroatoms. The van der Waals surface area contributed by atoms with Crippen LogP contribution in [0.25, 0.3) is 0 Å². The number of carbonyl (C=O) groups excluding carboxylic acids is 2. The molecule has 2 saturated heterocycles. The summed E-state index contributed by atoms with van der Waals surface area (Å²) in [4.78, 5) is 28.6. The van der Waals surface area contributed by atoms with Crippen LogP contribution in [-0.2, 0) is 9.59 Å². The zero-order valence-corrected chi connectivity index (χ0v) is 14.7. The van der Waals surface area contributed by atoms with Crippen LogP contribution < -0.4 is 5.32 Å². The van der Waals surface area contributed by atoms with Crippen molar-refractivity contribution in [2.24, 2.45) is 5.92 Å². The average molecular weight is 332 g/mol. The van der Waals surface area contributed by atoms with Gasteiger partial charge < -0.3 is 15.1 Å². The Morgan fingerprint density at radius 3 is 2.45 bits per heavy atom. The van der Waals surface area contributed by atoms with E-state index in [1.165, 1.54) is 0 Å². The van der Waals surface area contributed by atoms with Gasteiger partial charge in [0.1, 0.15) is 0 Å². The van der Waals surface area contributed by atoms with Gasteiger partial charge in [0.25, 0.3) is 0 Å². The third-order valence-electron chi connectivity index (χ3n) is 4.73. The maximum absolute atomic E-state index is 12.7. The minimum Gasteiger partial charge on any atom is -0.342 e. The lowest BCUT2D eigenvalue weighted by Gasteiger charge is -2.38. The highest BCUT2D eigenvalue weighted by Gasteiger charge is 2.32. The van der Waals surface area contributed by atoms with E-state index < -0.39 is 0 Å². The Kier molecular flexibility index (Phi) is 8.18. The van der Waals surface area contributed by atoms with Gasteiger partial charge in [-0.15, -0.1) is 12.4 Å². The number of hydrogen-bond acceptors (Lipinski definition) is 3. The molecular formula is C16H30ClN3O2. The SMILES string of the molecule is CCCC(=O)N1CCCC(C(=O)N2CCCC(NC)C2)C1.Cl. The summed E-state index contributed by atoms with van der Waals surface area (Å²) in [5.74, 6) is 0.473. The summed E-state index contributed by atoms with van der Waals surface area (Å²) in [5.41, 5.74) is 0. The van der Waals surface area contributed by atoms with Crippen LogP contribution in [0.15, 0.2) is 0 Å². The van der Waals surface area contributed by atoms with E-state index in [0.717, 1.165) is 51.7 Å². The van der Waals surface area contributed by atoms with E-state index in [2.05, 4.69) is 5.32 Å². The molecule has 0 radical (unpaired) electrons. The monoisotopic (exact) mass is 331 g/mol. The molecule has 2 fully saturated rings. The first kappa shape index (κ1) is 19.2. The number of amides is 2. The topological polar surface area (TPSA) is 52.7 Å². The van der Waals surface area contributed by atoms with Crippen LogP contribution in [0.2, 0.25) is 0 Å². The number of nitrogens with one attached hydrogen (secondary N) is 1. The second-order valence-corrected chi connectivity index (χ2v) is 6.34. The standard InChI is InChI=1S/C16H29N3O2.ClH/c1-3-6-15(20)18-9-4-7-13(11-18)16(21)19-10-5-8-14(12-19)17-2;/h13-14,17H,3-12H2,1-2H3;1H. The van der Waals surface area contributed by atoms with E-state index in [0.29, 0.717) is 19.0 Å². The minimum atomic E-state index is 0. The third-order valence-corrected chi connectivity index (χ3v) is 4.73. The fourth-order valence-electron chi connectivity index (χ4n) is 3.45. The lowest BCUT2D eigenvalue weighted by Crippen LogP contribution is -2.52. The Hall–Kier alpha value is -0.810. The molecule has 2 rings (SSSR count). The number of halogens is 1. The second-order valence-electron chi connectivity index (χ2n) is 6.34. The molecule has 2 unspecified atom stereocenters. The fraction of sp³-hybridized carbons (Fsp3) is 0.875. The van der Waals surface area contributed by atoms with E-state index in [-0.39, 0.29) is 30.1 Å². The number of nitrogens with zero attached hydrogens (tertiary/aromatic N) is 2. The first-order valence-electron chi connectivity index (χ1n) is 8.39. The van der Waals surface area contributed by atoms with Crippen molar-refractivity contribution in [1.82, 2.24) is 15.1 Å². The highest BCUT2D eigenvalue weighted by molar-refractivity contribution is 5.85. The van der Waals surface area contributed by atoms with Crippen molar-refractivity contribution < 1.29 is 9.59 Å². The molecule has 2 atom stereocenters. The Bertz CT molecular complexity index is 378. The maximum atomic E-state index is 12.7. The molecule has 2 aliphatic rings. The molecule has 1 N–H and O–H groups in total. The summed E-state index contributed by atoms with van der Waals surface area (Å²) < 4.78 is 0. The van der Waals surface area contributed by atoms with Gasteiger partial charge in [0.15, 0.2) is 0 Å². The van der Waals surface area contributed by atoms with Gasteiger partial charge in [-0.25, -0.2) is 0 Å². The highest BCUT2D eigenvalue weighted by Crippen LogP contribution is 2.22. The van der Waals surface area contributed by atoms with E-state index in [9.17, 15) is 9.59 Å². The Morgan fingerprint density at radius 1 is 1.09 bits per heavy atom. The van der Waals surface area contributed by atoms with Crippen LogP contribution in [0, 0.1) is 5.92 Å². The molecule has 22 heavy (non-hydrogen) atoms. The van der Waals surface area contributed by atoms with Crippen molar-refractivity contribution in [2.45, 2.75) is 51.5 Å². The quantitative estimate of drug-likeness (QED) is 0.852. The zero-order valence-electron chi connectivity index (χ0n) is 13.8. The Labute approximate surface area is 140 Å². The van der Waals surface area contributed by atoms with Crippen molar-refractivity contribution in [2.75, 3.05) is 33.2 Å². The number of likely N-dealkylation sites (tertiary alicyclic amines) is 2. The van der Waals surface area contributed by atoms with E-state index in [1.54, 1.807) is 0 Å². The summed E-state index contributed by atoms with van der Waals surface area (Å²) in [7, 11) is 1.96. The highest BCUT2D eigenvalue weighted by atomic mass is 35.5. The van der Waals surface area contributed by atoms with Gasteiger partial charge in [-0.2, -0.15) is 0 Å². The van der Waals surface area contributed by atoms with Crippen LogP contribution in [0.3, 0.4) is 0 Å². The summed E-state index contributed by atoms with van der Waals surface area (Å²) in [6.45, 7) is 5.15. The van der Waals surface area contributed by atoms with Crippen molar-refractivity contribution in [3.05, 3.63) is 0 Å². The third kappa shape index (κ3) is 4.85. The van der Waals surface area contributed by atoms with Gasteiger partial charge in [0.2, 0.25) is 11.8 Å². The summed E-state index contributed by atoms with van der Waals surface area (Å²) in [5, 5.41) is 3.28. The van der Waals surface area contributed by atoms with Gasteiger partial charge in [0, 0.05) is 38.6 Å². The van der Waals surface area contributed by atoms with Gasteiger partial charge >= 0.3 is 0 Å². The second kappa shape index (κ2) is 9.36. The number of likely N-dealkylation sites (N-methyl/N-ethyl adjacent to an activating group) is 1. The van der Waals surface area contributed by atoms with Crippen LogP contribution in [0.1, 0.15) is 45.4 Å². The van der Waals surface area contributed by atoms with Gasteiger partial charge in [-0.3, -0.25) is 9.59 Å². The molecule has 2 amide bonds. The number of hydrogen-bond donors (Lipinski definition) is 1. The lowest BCUT2D eigenvalue weighted by atomic mass is 9.94. The molecule has 0 aromatic heterocycles. The molecule has 2 heterocycles. The van der Waals surface area contributed by atoms with Crippen molar-refractivity contribution >= 4 is 24.2 Å². The van der Waals surface area contributed by atoms with Gasteiger partial charge in [-0.05, 0) is 39.2 Å². The minimum absolute atomic E-state index is 0. The van der Waals surface area contributed by atoms with Gasteiger partial charge in [0.05, 0.1) is 5.92 Å².